The predicted molar refractivity (Wildman–Crippen MR) is 113 cm³/mol. The number of hydrogen-bond donors (Lipinski definition) is 1. The molecule has 2 aromatic carbocycles. The summed E-state index contributed by atoms with van der Waals surface area (Å²) in [6.45, 7) is 2.33. The van der Waals surface area contributed by atoms with Crippen molar-refractivity contribution < 1.29 is 24.2 Å². The number of amides is 2. The van der Waals surface area contributed by atoms with E-state index in [1.165, 1.54) is 34.9 Å². The van der Waals surface area contributed by atoms with Crippen LogP contribution in [0.3, 0.4) is 0 Å². The van der Waals surface area contributed by atoms with Crippen LogP contribution in [0.5, 0.6) is 5.75 Å². The molecule has 0 spiro atoms. The van der Waals surface area contributed by atoms with Crippen molar-refractivity contribution in [2.75, 3.05) is 6.61 Å². The molecule has 0 radical (unpaired) electrons. The maximum Gasteiger partial charge on any atom is 0.341 e. The molecule has 0 bridgehead atoms. The number of aliphatic carboxylic acids is 1. The number of carboxylic acid groups (broad SMARTS) is 1. The van der Waals surface area contributed by atoms with E-state index in [1.54, 1.807) is 26.0 Å². The number of imide groups is 1. The third kappa shape index (κ3) is 3.35. The molecule has 0 unspecified atom stereocenters. The number of ether oxygens (including phenoxy) is 1. The number of carbonyl (C=O) groups excluding carboxylic acids is 2. The fraction of sp³-hybridized carbons (Fsp3) is 0.227. The minimum absolute atomic E-state index is 0.0952. The number of aromatic nitrogens is 2. The van der Waals surface area contributed by atoms with Gasteiger partial charge in [0.2, 0.25) is 0 Å². The maximum absolute atomic E-state index is 13.2. The predicted octanol–water partition coefficient (Wildman–Crippen LogP) is 1.46. The zero-order chi connectivity index (χ0) is 23.2. The summed E-state index contributed by atoms with van der Waals surface area (Å²) in [5.41, 5.74) is -0.573. The van der Waals surface area contributed by atoms with Crippen molar-refractivity contribution in [3.63, 3.8) is 0 Å². The quantitative estimate of drug-likeness (QED) is 0.578. The molecule has 10 nitrogen and oxygen atoms in total. The second-order valence-electron chi connectivity index (χ2n) is 7.57. The van der Waals surface area contributed by atoms with Crippen LogP contribution < -0.4 is 16.0 Å². The van der Waals surface area contributed by atoms with Gasteiger partial charge in [-0.2, -0.15) is 0 Å². The van der Waals surface area contributed by atoms with Crippen LogP contribution in [0.4, 0.5) is 0 Å². The third-order valence-corrected chi connectivity index (χ3v) is 5.18. The van der Waals surface area contributed by atoms with Gasteiger partial charge in [0.15, 0.2) is 6.61 Å². The van der Waals surface area contributed by atoms with Crippen LogP contribution in [0, 0.1) is 0 Å². The Kier molecular flexibility index (Phi) is 5.13. The van der Waals surface area contributed by atoms with Gasteiger partial charge in [0.1, 0.15) is 12.4 Å². The van der Waals surface area contributed by atoms with Gasteiger partial charge in [-0.25, -0.2) is 9.59 Å². The number of carbonyl (C=O) groups is 3. The number of nitrogens with zero attached hydrogens (tertiary/aromatic N) is 3. The fourth-order valence-corrected chi connectivity index (χ4v) is 3.71. The average molecular weight is 437 g/mol. The van der Waals surface area contributed by atoms with E-state index in [0.29, 0.717) is 0 Å². The SMILES string of the molecule is CC(C)n1c(=O)c2cc(OCC(=O)O)ccc2n(CN2C(=O)c3ccccc3C2=O)c1=O. The molecule has 1 aromatic heterocycles. The van der Waals surface area contributed by atoms with E-state index in [0.717, 1.165) is 9.47 Å². The first kappa shape index (κ1) is 21.0. The Morgan fingerprint density at radius 3 is 2.19 bits per heavy atom. The highest BCUT2D eigenvalue weighted by Gasteiger charge is 2.36. The van der Waals surface area contributed by atoms with Gasteiger partial charge in [0, 0.05) is 6.04 Å². The van der Waals surface area contributed by atoms with Gasteiger partial charge in [0.05, 0.1) is 22.0 Å². The number of rotatable bonds is 6. The van der Waals surface area contributed by atoms with Crippen molar-refractivity contribution in [1.82, 2.24) is 14.0 Å². The molecule has 2 amide bonds. The smallest absolute Gasteiger partial charge is 0.341 e. The Morgan fingerprint density at radius 1 is 1.00 bits per heavy atom. The van der Waals surface area contributed by atoms with Crippen LogP contribution in [0.15, 0.2) is 52.1 Å². The summed E-state index contributed by atoms with van der Waals surface area (Å²) in [6.07, 6.45) is 0. The summed E-state index contributed by atoms with van der Waals surface area (Å²) in [4.78, 5) is 63.5. The Hall–Kier alpha value is -4.21. The molecule has 2 heterocycles. The molecule has 10 heteroatoms. The average Bonchev–Trinajstić information content (AvgIpc) is 2.99. The topological polar surface area (TPSA) is 128 Å². The first-order valence-electron chi connectivity index (χ1n) is 9.79. The zero-order valence-electron chi connectivity index (χ0n) is 17.3. The van der Waals surface area contributed by atoms with Crippen LogP contribution in [0.1, 0.15) is 40.6 Å². The van der Waals surface area contributed by atoms with E-state index < -0.39 is 41.7 Å². The van der Waals surface area contributed by atoms with Crippen LogP contribution in [-0.4, -0.2) is 43.5 Å². The Balaban J connectivity index is 1.86. The number of carboxylic acids is 1. The van der Waals surface area contributed by atoms with E-state index in [9.17, 15) is 24.0 Å². The van der Waals surface area contributed by atoms with Gasteiger partial charge in [-0.1, -0.05) is 12.1 Å². The first-order chi connectivity index (χ1) is 15.2. The van der Waals surface area contributed by atoms with E-state index in [2.05, 4.69) is 0 Å². The van der Waals surface area contributed by atoms with Crippen LogP contribution in [0.2, 0.25) is 0 Å². The van der Waals surface area contributed by atoms with E-state index >= 15 is 0 Å². The van der Waals surface area contributed by atoms with E-state index in [1.807, 2.05) is 0 Å². The van der Waals surface area contributed by atoms with Gasteiger partial charge < -0.3 is 9.84 Å². The summed E-state index contributed by atoms with van der Waals surface area (Å²) in [6, 6.07) is 10.1. The monoisotopic (exact) mass is 437 g/mol. The molecule has 0 saturated heterocycles. The van der Waals surface area contributed by atoms with Crippen LogP contribution in [0.25, 0.3) is 10.9 Å². The van der Waals surface area contributed by atoms with Gasteiger partial charge in [-0.15, -0.1) is 0 Å². The number of fused-ring (bicyclic) bond motifs is 2. The standard InChI is InChI=1S/C22H19N3O7/c1-12(2)25-21(30)16-9-13(32-10-18(26)27)7-8-17(16)23(22(25)31)11-24-19(28)14-5-3-4-6-15(14)20(24)29/h3-9,12H,10-11H2,1-2H3,(H,26,27). The van der Waals surface area contributed by atoms with Gasteiger partial charge >= 0.3 is 11.7 Å². The molecule has 0 atom stereocenters. The van der Waals surface area contributed by atoms with Gasteiger partial charge in [-0.05, 0) is 44.2 Å². The Morgan fingerprint density at radius 2 is 1.62 bits per heavy atom. The number of hydrogen-bond acceptors (Lipinski definition) is 6. The molecule has 164 valence electrons. The maximum atomic E-state index is 13.2. The molecule has 4 rings (SSSR count). The zero-order valence-corrected chi connectivity index (χ0v) is 17.3. The van der Waals surface area contributed by atoms with Crippen molar-refractivity contribution in [2.24, 2.45) is 0 Å². The second kappa shape index (κ2) is 7.80. The molecule has 0 saturated carbocycles. The summed E-state index contributed by atoms with van der Waals surface area (Å²) < 4.78 is 7.35. The van der Waals surface area contributed by atoms with Crippen molar-refractivity contribution in [3.05, 3.63) is 74.4 Å². The largest absolute Gasteiger partial charge is 0.482 e. The molecule has 1 N–H and O–H groups in total. The second-order valence-corrected chi connectivity index (χ2v) is 7.57. The summed E-state index contributed by atoms with van der Waals surface area (Å²) in [7, 11) is 0. The molecule has 0 aliphatic carbocycles. The molecule has 3 aromatic rings. The van der Waals surface area contributed by atoms with E-state index in [4.69, 9.17) is 9.84 Å². The lowest BCUT2D eigenvalue weighted by atomic mass is 10.1. The third-order valence-electron chi connectivity index (χ3n) is 5.18. The molecule has 32 heavy (non-hydrogen) atoms. The number of benzene rings is 2. The molecular formula is C22H19N3O7. The highest BCUT2D eigenvalue weighted by atomic mass is 16.5. The van der Waals surface area contributed by atoms with Crippen molar-refractivity contribution in [3.8, 4) is 5.75 Å². The van der Waals surface area contributed by atoms with Crippen LogP contribution in [-0.2, 0) is 11.5 Å². The minimum Gasteiger partial charge on any atom is -0.482 e. The lowest BCUT2D eigenvalue weighted by Crippen LogP contribution is -2.44. The highest BCUT2D eigenvalue weighted by molar-refractivity contribution is 6.21. The molecule has 1 aliphatic rings. The fourth-order valence-electron chi connectivity index (χ4n) is 3.71. The van der Waals surface area contributed by atoms with Crippen molar-refractivity contribution in [2.45, 2.75) is 26.6 Å². The molecule has 1 aliphatic heterocycles. The lowest BCUT2D eigenvalue weighted by molar-refractivity contribution is -0.139. The summed E-state index contributed by atoms with van der Waals surface area (Å²) >= 11 is 0. The minimum atomic E-state index is -1.18. The van der Waals surface area contributed by atoms with Crippen molar-refractivity contribution in [1.29, 1.82) is 0 Å². The van der Waals surface area contributed by atoms with E-state index in [-0.39, 0.29) is 34.4 Å². The summed E-state index contributed by atoms with van der Waals surface area (Å²) in [5.74, 6) is -2.11. The normalized spacial score (nSPS) is 13.2. The van der Waals surface area contributed by atoms with Crippen LogP contribution >= 0.6 is 0 Å². The Bertz CT molecular complexity index is 1370. The van der Waals surface area contributed by atoms with Gasteiger partial charge in [0.25, 0.3) is 17.4 Å². The van der Waals surface area contributed by atoms with Crippen molar-refractivity contribution >= 4 is 28.7 Å². The molecule has 0 fully saturated rings. The Labute approximate surface area is 180 Å². The highest BCUT2D eigenvalue weighted by Crippen LogP contribution is 2.24. The molecular weight excluding hydrogens is 418 g/mol. The summed E-state index contributed by atoms with van der Waals surface area (Å²) in [5, 5.41) is 8.91. The lowest BCUT2D eigenvalue weighted by Gasteiger charge is -2.20. The first-order valence-corrected chi connectivity index (χ1v) is 9.79. The van der Waals surface area contributed by atoms with Gasteiger partial charge in [-0.3, -0.25) is 28.4 Å².